The van der Waals surface area contributed by atoms with Gasteiger partial charge in [-0.2, -0.15) is 4.31 Å². The second kappa shape index (κ2) is 5.61. The molecular weight excluding hydrogens is 262 g/mol. The highest BCUT2D eigenvalue weighted by Gasteiger charge is 2.36. The van der Waals surface area contributed by atoms with Crippen molar-refractivity contribution in [2.24, 2.45) is 5.92 Å². The van der Waals surface area contributed by atoms with Crippen molar-refractivity contribution in [3.05, 3.63) is 29.8 Å². The number of rotatable bonds is 4. The quantitative estimate of drug-likeness (QED) is 0.919. The molecule has 1 aliphatic rings. The van der Waals surface area contributed by atoms with Crippen molar-refractivity contribution >= 4 is 10.0 Å². The standard InChI is InChI=1S/C14H21NO3S/c1-11(2)14-7-4-8-15(14)19(17,18)13-6-3-5-12(9-13)10-16/h3,5-6,9,11,14,16H,4,7-8,10H2,1-2H3. The lowest BCUT2D eigenvalue weighted by molar-refractivity contribution is 0.281. The van der Waals surface area contributed by atoms with Gasteiger partial charge in [-0.25, -0.2) is 8.42 Å². The summed E-state index contributed by atoms with van der Waals surface area (Å²) in [6.45, 7) is 4.57. The molecule has 1 N–H and O–H groups in total. The molecule has 0 aliphatic carbocycles. The van der Waals surface area contributed by atoms with Gasteiger partial charge in [0.25, 0.3) is 0 Å². The number of hydrogen-bond acceptors (Lipinski definition) is 3. The molecule has 0 amide bonds. The van der Waals surface area contributed by atoms with Crippen LogP contribution in [0.2, 0.25) is 0 Å². The highest BCUT2D eigenvalue weighted by Crippen LogP contribution is 2.30. The molecule has 2 rings (SSSR count). The number of aliphatic hydroxyl groups is 1. The van der Waals surface area contributed by atoms with Crippen LogP contribution in [0.3, 0.4) is 0 Å². The summed E-state index contributed by atoms with van der Waals surface area (Å²) >= 11 is 0. The van der Waals surface area contributed by atoms with Gasteiger partial charge in [0.2, 0.25) is 10.0 Å². The lowest BCUT2D eigenvalue weighted by Crippen LogP contribution is -2.38. The van der Waals surface area contributed by atoms with Crippen molar-refractivity contribution in [3.63, 3.8) is 0 Å². The molecule has 5 heteroatoms. The van der Waals surface area contributed by atoms with Crippen LogP contribution in [-0.4, -0.2) is 30.4 Å². The Morgan fingerprint density at radius 3 is 2.79 bits per heavy atom. The molecule has 0 saturated carbocycles. The maximum absolute atomic E-state index is 12.7. The summed E-state index contributed by atoms with van der Waals surface area (Å²) in [7, 11) is -3.44. The first kappa shape index (κ1) is 14.5. The minimum atomic E-state index is -3.44. The average Bonchev–Trinajstić information content (AvgIpc) is 2.89. The SMILES string of the molecule is CC(C)C1CCCN1S(=O)(=O)c1cccc(CO)c1. The fourth-order valence-corrected chi connectivity index (χ4v) is 4.57. The van der Waals surface area contributed by atoms with Crippen LogP contribution in [0.1, 0.15) is 32.3 Å². The molecule has 1 atom stereocenters. The molecule has 1 aromatic rings. The zero-order chi connectivity index (χ0) is 14.0. The predicted octanol–water partition coefficient (Wildman–Crippen LogP) is 1.99. The Morgan fingerprint density at radius 1 is 1.42 bits per heavy atom. The Hall–Kier alpha value is -0.910. The zero-order valence-corrected chi connectivity index (χ0v) is 12.2. The molecule has 1 aliphatic heterocycles. The third kappa shape index (κ3) is 2.83. The van der Waals surface area contributed by atoms with Crippen LogP contribution in [0.15, 0.2) is 29.2 Å². The largest absolute Gasteiger partial charge is 0.392 e. The average molecular weight is 283 g/mol. The Kier molecular flexibility index (Phi) is 4.28. The molecule has 0 bridgehead atoms. The summed E-state index contributed by atoms with van der Waals surface area (Å²) in [5, 5.41) is 9.12. The number of benzene rings is 1. The summed E-state index contributed by atoms with van der Waals surface area (Å²) in [6.07, 6.45) is 1.85. The molecule has 1 aromatic carbocycles. The second-order valence-corrected chi connectivity index (χ2v) is 7.27. The monoisotopic (exact) mass is 283 g/mol. The second-order valence-electron chi connectivity index (χ2n) is 5.37. The molecule has 1 saturated heterocycles. The van der Waals surface area contributed by atoms with E-state index >= 15 is 0 Å². The van der Waals surface area contributed by atoms with E-state index in [-0.39, 0.29) is 17.5 Å². The van der Waals surface area contributed by atoms with Crippen LogP contribution in [0, 0.1) is 5.92 Å². The van der Waals surface area contributed by atoms with Crippen molar-refractivity contribution < 1.29 is 13.5 Å². The molecule has 0 spiro atoms. The van der Waals surface area contributed by atoms with Gasteiger partial charge >= 0.3 is 0 Å². The minimum absolute atomic E-state index is 0.0859. The highest BCUT2D eigenvalue weighted by atomic mass is 32.2. The third-order valence-electron chi connectivity index (χ3n) is 3.71. The Morgan fingerprint density at radius 2 is 2.16 bits per heavy atom. The first-order valence-corrected chi connectivity index (χ1v) is 8.12. The smallest absolute Gasteiger partial charge is 0.243 e. The van der Waals surface area contributed by atoms with E-state index in [2.05, 4.69) is 13.8 Å². The van der Waals surface area contributed by atoms with E-state index in [0.29, 0.717) is 18.0 Å². The lowest BCUT2D eigenvalue weighted by Gasteiger charge is -2.27. The van der Waals surface area contributed by atoms with Crippen molar-refractivity contribution in [3.8, 4) is 0 Å². The van der Waals surface area contributed by atoms with E-state index < -0.39 is 10.0 Å². The van der Waals surface area contributed by atoms with Crippen LogP contribution in [0.25, 0.3) is 0 Å². The van der Waals surface area contributed by atoms with E-state index in [1.165, 1.54) is 0 Å². The molecule has 106 valence electrons. The van der Waals surface area contributed by atoms with Crippen molar-refractivity contribution in [2.45, 2.75) is 44.2 Å². The first-order valence-electron chi connectivity index (χ1n) is 6.68. The van der Waals surface area contributed by atoms with Gasteiger partial charge in [-0.3, -0.25) is 0 Å². The summed E-state index contributed by atoms with van der Waals surface area (Å²) in [4.78, 5) is 0.284. The Labute approximate surface area is 115 Å². The van der Waals surface area contributed by atoms with Gasteiger partial charge in [-0.1, -0.05) is 26.0 Å². The zero-order valence-electron chi connectivity index (χ0n) is 11.4. The fraction of sp³-hybridized carbons (Fsp3) is 0.571. The molecule has 1 heterocycles. The van der Waals surface area contributed by atoms with E-state index in [9.17, 15) is 8.42 Å². The number of nitrogens with zero attached hydrogens (tertiary/aromatic N) is 1. The van der Waals surface area contributed by atoms with Gasteiger partial charge < -0.3 is 5.11 Å². The van der Waals surface area contributed by atoms with Gasteiger partial charge in [0, 0.05) is 12.6 Å². The van der Waals surface area contributed by atoms with Crippen molar-refractivity contribution in [1.82, 2.24) is 4.31 Å². The summed E-state index contributed by atoms with van der Waals surface area (Å²) in [6, 6.07) is 6.65. The molecule has 0 radical (unpaired) electrons. The van der Waals surface area contributed by atoms with Gasteiger partial charge in [0.1, 0.15) is 0 Å². The van der Waals surface area contributed by atoms with Crippen molar-refractivity contribution in [2.75, 3.05) is 6.54 Å². The van der Waals surface area contributed by atoms with Gasteiger partial charge in [-0.15, -0.1) is 0 Å². The molecule has 4 nitrogen and oxygen atoms in total. The highest BCUT2D eigenvalue weighted by molar-refractivity contribution is 7.89. The number of aliphatic hydroxyl groups excluding tert-OH is 1. The molecule has 1 fully saturated rings. The van der Waals surface area contributed by atoms with Crippen LogP contribution in [0.5, 0.6) is 0 Å². The Balaban J connectivity index is 2.36. The fourth-order valence-electron chi connectivity index (χ4n) is 2.67. The van der Waals surface area contributed by atoms with Crippen LogP contribution in [-0.2, 0) is 16.6 Å². The lowest BCUT2D eigenvalue weighted by atomic mass is 10.0. The van der Waals surface area contributed by atoms with Gasteiger partial charge in [-0.05, 0) is 36.5 Å². The molecule has 19 heavy (non-hydrogen) atoms. The van der Waals surface area contributed by atoms with E-state index in [0.717, 1.165) is 12.8 Å². The number of sulfonamides is 1. The van der Waals surface area contributed by atoms with Crippen molar-refractivity contribution in [1.29, 1.82) is 0 Å². The molecule has 0 aromatic heterocycles. The first-order chi connectivity index (χ1) is 8.96. The van der Waals surface area contributed by atoms with Crippen LogP contribution >= 0.6 is 0 Å². The summed E-state index contributed by atoms with van der Waals surface area (Å²) in [5.41, 5.74) is 0.626. The third-order valence-corrected chi connectivity index (χ3v) is 5.63. The summed E-state index contributed by atoms with van der Waals surface area (Å²) in [5.74, 6) is 0.318. The minimum Gasteiger partial charge on any atom is -0.392 e. The normalized spacial score (nSPS) is 21.2. The van der Waals surface area contributed by atoms with Gasteiger partial charge in [0.15, 0.2) is 0 Å². The topological polar surface area (TPSA) is 57.6 Å². The van der Waals surface area contributed by atoms with E-state index in [4.69, 9.17) is 5.11 Å². The maximum Gasteiger partial charge on any atom is 0.243 e. The number of hydrogen-bond donors (Lipinski definition) is 1. The van der Waals surface area contributed by atoms with E-state index in [1.54, 1.807) is 28.6 Å². The van der Waals surface area contributed by atoms with Gasteiger partial charge in [0.05, 0.1) is 11.5 Å². The Bertz CT molecular complexity index is 539. The molecule has 1 unspecified atom stereocenters. The van der Waals surface area contributed by atoms with Crippen LogP contribution < -0.4 is 0 Å². The maximum atomic E-state index is 12.7. The molecular formula is C14H21NO3S. The van der Waals surface area contributed by atoms with E-state index in [1.807, 2.05) is 0 Å². The van der Waals surface area contributed by atoms with Crippen LogP contribution in [0.4, 0.5) is 0 Å². The predicted molar refractivity (Wildman–Crippen MR) is 74.1 cm³/mol. The summed E-state index contributed by atoms with van der Waals surface area (Å²) < 4.78 is 26.9.